The van der Waals surface area contributed by atoms with Gasteiger partial charge < -0.3 is 15.4 Å². The lowest BCUT2D eigenvalue weighted by molar-refractivity contribution is 0.0873. The number of hydrogen-bond donors (Lipinski definition) is 2. The monoisotopic (exact) mass is 437 g/mol. The second-order valence-electron chi connectivity index (χ2n) is 9.57. The van der Waals surface area contributed by atoms with Gasteiger partial charge in [0.1, 0.15) is 11.5 Å². The molecule has 6 heteroatoms. The van der Waals surface area contributed by atoms with Crippen molar-refractivity contribution in [2.45, 2.75) is 57.7 Å². The number of carbonyl (C=O) groups excluding carboxylic acids is 1. The number of rotatable bonds is 4. The summed E-state index contributed by atoms with van der Waals surface area (Å²) < 4.78 is 6.06. The Bertz CT molecular complexity index is 1110. The molecule has 2 heterocycles. The van der Waals surface area contributed by atoms with E-state index in [2.05, 4.69) is 43.3 Å². The van der Waals surface area contributed by atoms with Crippen LogP contribution in [0.2, 0.25) is 5.02 Å². The number of ether oxygens (including phenoxy) is 1. The zero-order valence-corrected chi connectivity index (χ0v) is 19.1. The smallest absolute Gasteiger partial charge is 0.251 e. The lowest BCUT2D eigenvalue weighted by Crippen LogP contribution is -2.62. The minimum absolute atomic E-state index is 0.0387. The molecule has 162 valence electrons. The molecule has 1 aromatic heterocycles. The molecule has 4 rings (SSSR count). The number of carbonyl (C=O) groups is 1. The van der Waals surface area contributed by atoms with Crippen molar-refractivity contribution in [2.75, 3.05) is 0 Å². The number of nitrogens with zero attached hydrogens (tertiary/aromatic N) is 1. The van der Waals surface area contributed by atoms with Crippen molar-refractivity contribution in [3.05, 3.63) is 65.4 Å². The molecule has 0 saturated carbocycles. The number of amides is 1. The fourth-order valence-corrected chi connectivity index (χ4v) is 4.94. The molecule has 1 aliphatic heterocycles. The SMILES string of the molecule is CC1(C)CC(NC(=O)c2ccc(Oc3cccc4cnccc34)c(Cl)c2)CC(C)(C)N1. The summed E-state index contributed by atoms with van der Waals surface area (Å²) >= 11 is 6.48. The van der Waals surface area contributed by atoms with Crippen LogP contribution in [0.25, 0.3) is 10.8 Å². The molecular weight excluding hydrogens is 410 g/mol. The van der Waals surface area contributed by atoms with E-state index in [-0.39, 0.29) is 23.0 Å². The molecule has 0 spiro atoms. The fourth-order valence-electron chi connectivity index (χ4n) is 4.72. The number of pyridine rings is 1. The molecule has 2 N–H and O–H groups in total. The highest BCUT2D eigenvalue weighted by atomic mass is 35.5. The molecule has 0 aliphatic carbocycles. The van der Waals surface area contributed by atoms with Gasteiger partial charge in [0.2, 0.25) is 0 Å². The first kappa shape index (κ1) is 21.6. The van der Waals surface area contributed by atoms with E-state index in [1.807, 2.05) is 24.3 Å². The Morgan fingerprint density at radius 1 is 1.10 bits per heavy atom. The number of hydrogen-bond acceptors (Lipinski definition) is 4. The van der Waals surface area contributed by atoms with Crippen LogP contribution in [0.15, 0.2) is 54.9 Å². The molecule has 2 aromatic carbocycles. The van der Waals surface area contributed by atoms with E-state index in [1.54, 1.807) is 30.6 Å². The molecule has 1 saturated heterocycles. The van der Waals surface area contributed by atoms with Gasteiger partial charge in [-0.2, -0.15) is 0 Å². The van der Waals surface area contributed by atoms with Crippen molar-refractivity contribution in [1.82, 2.24) is 15.6 Å². The number of aromatic nitrogens is 1. The van der Waals surface area contributed by atoms with Gasteiger partial charge in [-0.25, -0.2) is 0 Å². The van der Waals surface area contributed by atoms with Crippen LogP contribution >= 0.6 is 11.6 Å². The van der Waals surface area contributed by atoms with E-state index >= 15 is 0 Å². The Morgan fingerprint density at radius 2 is 1.84 bits per heavy atom. The Kier molecular flexibility index (Phi) is 5.67. The standard InChI is InChI=1S/C25H28ClN3O2/c1-24(2)13-18(14-25(3,4)29-24)28-23(30)16-8-9-22(20(26)12-16)31-21-7-5-6-17-15-27-11-10-19(17)21/h5-12,15,18,29H,13-14H2,1-4H3,(H,28,30). The van der Waals surface area contributed by atoms with Gasteiger partial charge in [-0.3, -0.25) is 9.78 Å². The number of fused-ring (bicyclic) bond motifs is 1. The number of benzene rings is 2. The minimum atomic E-state index is -0.122. The van der Waals surface area contributed by atoms with Gasteiger partial charge in [-0.1, -0.05) is 23.7 Å². The summed E-state index contributed by atoms with van der Waals surface area (Å²) in [5.74, 6) is 1.08. The molecule has 0 radical (unpaired) electrons. The summed E-state index contributed by atoms with van der Waals surface area (Å²) in [7, 11) is 0. The summed E-state index contributed by atoms with van der Waals surface area (Å²) in [5, 5.41) is 9.15. The molecule has 1 aliphatic rings. The van der Waals surface area contributed by atoms with Gasteiger partial charge >= 0.3 is 0 Å². The van der Waals surface area contributed by atoms with E-state index < -0.39 is 0 Å². The van der Waals surface area contributed by atoms with Crippen molar-refractivity contribution in [1.29, 1.82) is 0 Å². The molecule has 5 nitrogen and oxygen atoms in total. The lowest BCUT2D eigenvalue weighted by Gasteiger charge is -2.46. The maximum Gasteiger partial charge on any atom is 0.251 e. The second kappa shape index (κ2) is 8.13. The van der Waals surface area contributed by atoms with E-state index in [4.69, 9.17) is 16.3 Å². The molecule has 0 atom stereocenters. The predicted molar refractivity (Wildman–Crippen MR) is 125 cm³/mol. The Hall–Kier alpha value is -2.63. The summed E-state index contributed by atoms with van der Waals surface area (Å²) in [6, 6.07) is 12.9. The average molecular weight is 438 g/mol. The van der Waals surface area contributed by atoms with Gasteiger partial charge in [0, 0.05) is 45.8 Å². The molecule has 3 aromatic rings. The Labute approximate surface area is 188 Å². The van der Waals surface area contributed by atoms with Gasteiger partial charge in [0.15, 0.2) is 0 Å². The first-order chi connectivity index (χ1) is 14.6. The van der Waals surface area contributed by atoms with Gasteiger partial charge in [-0.15, -0.1) is 0 Å². The second-order valence-corrected chi connectivity index (χ2v) is 9.98. The molecule has 1 fully saturated rings. The zero-order chi connectivity index (χ0) is 22.2. The normalized spacial score (nSPS) is 18.0. The van der Waals surface area contributed by atoms with Gasteiger partial charge in [-0.05, 0) is 70.9 Å². The molecule has 31 heavy (non-hydrogen) atoms. The van der Waals surface area contributed by atoms with Crippen LogP contribution < -0.4 is 15.4 Å². The van der Waals surface area contributed by atoms with Crippen molar-refractivity contribution in [2.24, 2.45) is 0 Å². The van der Waals surface area contributed by atoms with Crippen LogP contribution in [0.3, 0.4) is 0 Å². The summed E-state index contributed by atoms with van der Waals surface area (Å²) in [4.78, 5) is 17.0. The third-order valence-electron chi connectivity index (χ3n) is 5.58. The zero-order valence-electron chi connectivity index (χ0n) is 18.3. The molecule has 0 bridgehead atoms. The fraction of sp³-hybridized carbons (Fsp3) is 0.360. The Morgan fingerprint density at radius 3 is 2.55 bits per heavy atom. The first-order valence-electron chi connectivity index (χ1n) is 10.5. The number of halogens is 1. The van der Waals surface area contributed by atoms with Crippen molar-refractivity contribution in [3.8, 4) is 11.5 Å². The van der Waals surface area contributed by atoms with Gasteiger partial charge in [0.05, 0.1) is 5.02 Å². The highest BCUT2D eigenvalue weighted by Gasteiger charge is 2.38. The highest BCUT2D eigenvalue weighted by Crippen LogP contribution is 2.34. The minimum Gasteiger partial charge on any atom is -0.455 e. The summed E-state index contributed by atoms with van der Waals surface area (Å²) in [6.45, 7) is 8.66. The van der Waals surface area contributed by atoms with Crippen LogP contribution in [0, 0.1) is 0 Å². The third kappa shape index (κ3) is 5.00. The lowest BCUT2D eigenvalue weighted by atomic mass is 9.79. The predicted octanol–water partition coefficient (Wildman–Crippen LogP) is 5.72. The van der Waals surface area contributed by atoms with E-state index in [1.165, 1.54) is 0 Å². The first-order valence-corrected chi connectivity index (χ1v) is 10.9. The Balaban J connectivity index is 1.50. The maximum absolute atomic E-state index is 12.9. The van der Waals surface area contributed by atoms with Gasteiger partial charge in [0.25, 0.3) is 5.91 Å². The quantitative estimate of drug-likeness (QED) is 0.548. The largest absolute Gasteiger partial charge is 0.455 e. The third-order valence-corrected chi connectivity index (χ3v) is 5.88. The van der Waals surface area contributed by atoms with Crippen LogP contribution in [-0.4, -0.2) is 28.0 Å². The summed E-state index contributed by atoms with van der Waals surface area (Å²) in [5.41, 5.74) is 0.445. The number of piperidine rings is 1. The highest BCUT2D eigenvalue weighted by molar-refractivity contribution is 6.32. The van der Waals surface area contributed by atoms with Crippen LogP contribution in [-0.2, 0) is 0 Å². The van der Waals surface area contributed by atoms with E-state index in [9.17, 15) is 4.79 Å². The van der Waals surface area contributed by atoms with Crippen molar-refractivity contribution in [3.63, 3.8) is 0 Å². The van der Waals surface area contributed by atoms with Crippen molar-refractivity contribution < 1.29 is 9.53 Å². The number of nitrogens with one attached hydrogen (secondary N) is 2. The van der Waals surface area contributed by atoms with Crippen LogP contribution in [0.5, 0.6) is 11.5 Å². The average Bonchev–Trinajstić information content (AvgIpc) is 2.67. The van der Waals surface area contributed by atoms with Crippen LogP contribution in [0.4, 0.5) is 0 Å². The molecular formula is C25H28ClN3O2. The molecule has 1 amide bonds. The van der Waals surface area contributed by atoms with E-state index in [0.717, 1.165) is 23.6 Å². The van der Waals surface area contributed by atoms with Crippen LogP contribution in [0.1, 0.15) is 50.9 Å². The van der Waals surface area contributed by atoms with Crippen molar-refractivity contribution >= 4 is 28.3 Å². The maximum atomic E-state index is 12.9. The topological polar surface area (TPSA) is 63.2 Å². The summed E-state index contributed by atoms with van der Waals surface area (Å²) in [6.07, 6.45) is 5.26. The van der Waals surface area contributed by atoms with E-state index in [0.29, 0.717) is 22.1 Å². The molecule has 0 unspecified atom stereocenters.